The Labute approximate surface area is 99.4 Å². The van der Waals surface area contributed by atoms with Crippen LogP contribution in [0.2, 0.25) is 0 Å². The van der Waals surface area contributed by atoms with E-state index < -0.39 is 0 Å². The number of fused-ring (bicyclic) bond motifs is 1. The first kappa shape index (κ1) is 10.5. The summed E-state index contributed by atoms with van der Waals surface area (Å²) >= 11 is 0. The molecule has 2 heterocycles. The Morgan fingerprint density at radius 3 is 2.82 bits per heavy atom. The van der Waals surface area contributed by atoms with Crippen LogP contribution in [-0.2, 0) is 16.1 Å². The molecule has 2 unspecified atom stereocenters. The topological polar surface area (TPSA) is 58.2 Å². The number of nitrogens with one attached hydrogen (secondary N) is 2. The smallest absolute Gasteiger partial charge is 0.231 e. The zero-order chi connectivity index (χ0) is 11.8. The van der Waals surface area contributed by atoms with Crippen molar-refractivity contribution < 1.29 is 9.59 Å². The minimum atomic E-state index is -0.155. The molecule has 1 saturated heterocycles. The number of carbonyl (C=O) groups is 2. The van der Waals surface area contributed by atoms with Gasteiger partial charge in [-0.05, 0) is 17.5 Å². The first-order valence-electron chi connectivity index (χ1n) is 5.90. The highest BCUT2D eigenvalue weighted by molar-refractivity contribution is 5.99. The Kier molecular flexibility index (Phi) is 2.44. The third-order valence-electron chi connectivity index (χ3n) is 3.59. The van der Waals surface area contributed by atoms with Crippen LogP contribution in [0.3, 0.4) is 0 Å². The average Bonchev–Trinajstić information content (AvgIpc) is 2.73. The minimum absolute atomic E-state index is 0.0549. The lowest BCUT2D eigenvalue weighted by Crippen LogP contribution is -2.44. The molecule has 3 rings (SSSR count). The van der Waals surface area contributed by atoms with Crippen LogP contribution in [-0.4, -0.2) is 11.8 Å². The molecule has 1 fully saturated rings. The second kappa shape index (κ2) is 3.96. The van der Waals surface area contributed by atoms with Crippen LogP contribution in [0.4, 0.5) is 0 Å². The maximum atomic E-state index is 11.8. The highest BCUT2D eigenvalue weighted by atomic mass is 16.2. The van der Waals surface area contributed by atoms with Gasteiger partial charge in [-0.3, -0.25) is 14.9 Å². The highest BCUT2D eigenvalue weighted by Gasteiger charge is 2.36. The molecule has 0 aromatic heterocycles. The van der Waals surface area contributed by atoms with Gasteiger partial charge >= 0.3 is 0 Å². The number of piperidine rings is 1. The van der Waals surface area contributed by atoms with Crippen molar-refractivity contribution in [2.75, 3.05) is 0 Å². The van der Waals surface area contributed by atoms with Crippen molar-refractivity contribution in [3.8, 4) is 0 Å². The molecule has 0 bridgehead atoms. The highest BCUT2D eigenvalue weighted by Crippen LogP contribution is 2.34. The molecule has 2 amide bonds. The van der Waals surface area contributed by atoms with Gasteiger partial charge in [-0.15, -0.1) is 0 Å². The first-order valence-corrected chi connectivity index (χ1v) is 5.90. The van der Waals surface area contributed by atoms with Crippen LogP contribution < -0.4 is 10.6 Å². The van der Waals surface area contributed by atoms with Crippen molar-refractivity contribution in [1.29, 1.82) is 0 Å². The van der Waals surface area contributed by atoms with Crippen LogP contribution in [0.15, 0.2) is 24.3 Å². The molecule has 0 radical (unpaired) electrons. The van der Waals surface area contributed by atoms with E-state index >= 15 is 0 Å². The number of imide groups is 1. The molecule has 17 heavy (non-hydrogen) atoms. The molecular formula is C13H14N2O2. The summed E-state index contributed by atoms with van der Waals surface area (Å²) in [6.45, 7) is 0.804. The van der Waals surface area contributed by atoms with Crippen molar-refractivity contribution in [3.05, 3.63) is 35.4 Å². The van der Waals surface area contributed by atoms with Crippen molar-refractivity contribution in [3.63, 3.8) is 0 Å². The van der Waals surface area contributed by atoms with Gasteiger partial charge in [0.1, 0.15) is 0 Å². The third-order valence-corrected chi connectivity index (χ3v) is 3.59. The van der Waals surface area contributed by atoms with Crippen LogP contribution in [0, 0.1) is 5.92 Å². The zero-order valence-corrected chi connectivity index (χ0v) is 9.40. The number of hydrogen-bond acceptors (Lipinski definition) is 3. The van der Waals surface area contributed by atoms with Crippen LogP contribution in [0.5, 0.6) is 0 Å². The fourth-order valence-electron chi connectivity index (χ4n) is 2.72. The molecule has 2 atom stereocenters. The fourth-order valence-corrected chi connectivity index (χ4v) is 2.72. The van der Waals surface area contributed by atoms with E-state index in [4.69, 9.17) is 0 Å². The summed E-state index contributed by atoms with van der Waals surface area (Å²) < 4.78 is 0. The fraction of sp³-hybridized carbons (Fsp3) is 0.385. The van der Waals surface area contributed by atoms with E-state index in [1.807, 2.05) is 12.1 Å². The molecule has 88 valence electrons. The zero-order valence-electron chi connectivity index (χ0n) is 9.40. The van der Waals surface area contributed by atoms with Gasteiger partial charge in [-0.1, -0.05) is 24.3 Å². The van der Waals surface area contributed by atoms with Gasteiger partial charge < -0.3 is 5.32 Å². The normalized spacial score (nSPS) is 27.8. The van der Waals surface area contributed by atoms with Gasteiger partial charge in [0.05, 0.1) is 5.92 Å². The summed E-state index contributed by atoms with van der Waals surface area (Å²) in [7, 11) is 0. The van der Waals surface area contributed by atoms with Gasteiger partial charge in [0, 0.05) is 19.0 Å². The molecule has 2 aliphatic heterocycles. The number of amides is 2. The summed E-state index contributed by atoms with van der Waals surface area (Å²) in [5.41, 5.74) is 2.45. The van der Waals surface area contributed by atoms with Gasteiger partial charge in [0.2, 0.25) is 11.8 Å². The maximum absolute atomic E-state index is 11.8. The second-order valence-electron chi connectivity index (χ2n) is 4.61. The lowest BCUT2D eigenvalue weighted by atomic mass is 9.87. The van der Waals surface area contributed by atoms with Crippen molar-refractivity contribution >= 4 is 11.8 Å². The Bertz CT molecular complexity index is 484. The van der Waals surface area contributed by atoms with Gasteiger partial charge in [-0.25, -0.2) is 0 Å². The number of hydrogen-bond donors (Lipinski definition) is 2. The summed E-state index contributed by atoms with van der Waals surface area (Å²) in [6.07, 6.45) is 1.08. The van der Waals surface area contributed by atoms with E-state index in [0.29, 0.717) is 12.8 Å². The predicted molar refractivity (Wildman–Crippen MR) is 61.9 cm³/mol. The molecule has 0 spiro atoms. The molecule has 4 heteroatoms. The summed E-state index contributed by atoms with van der Waals surface area (Å²) in [6, 6.07) is 8.19. The number of benzene rings is 1. The van der Waals surface area contributed by atoms with E-state index in [1.54, 1.807) is 0 Å². The SMILES string of the molecule is O=C1CCC(C2NCc3ccccc32)C(=O)N1. The largest absolute Gasteiger partial charge is 0.305 e. The standard InChI is InChI=1S/C13H14N2O2/c16-11-6-5-10(13(17)15-11)12-9-4-2-1-3-8(9)7-14-12/h1-4,10,12,14H,5-7H2,(H,15,16,17). The molecule has 4 nitrogen and oxygen atoms in total. The summed E-state index contributed by atoms with van der Waals surface area (Å²) in [5, 5.41) is 5.78. The average molecular weight is 230 g/mol. The van der Waals surface area contributed by atoms with E-state index in [1.165, 1.54) is 11.1 Å². The molecular weight excluding hydrogens is 216 g/mol. The number of rotatable bonds is 1. The van der Waals surface area contributed by atoms with Crippen molar-refractivity contribution in [2.24, 2.45) is 5.92 Å². The first-order chi connectivity index (χ1) is 8.25. The van der Waals surface area contributed by atoms with Crippen molar-refractivity contribution in [2.45, 2.75) is 25.4 Å². The lowest BCUT2D eigenvalue weighted by Gasteiger charge is -2.26. The second-order valence-corrected chi connectivity index (χ2v) is 4.61. The van der Waals surface area contributed by atoms with Crippen molar-refractivity contribution in [1.82, 2.24) is 10.6 Å². The Hall–Kier alpha value is -1.68. The Balaban J connectivity index is 1.87. The molecule has 1 aromatic carbocycles. The Morgan fingerprint density at radius 2 is 2.00 bits per heavy atom. The van der Waals surface area contributed by atoms with E-state index in [-0.39, 0.29) is 23.8 Å². The van der Waals surface area contributed by atoms with Gasteiger partial charge in [0.25, 0.3) is 0 Å². The van der Waals surface area contributed by atoms with Crippen LogP contribution in [0.1, 0.15) is 30.0 Å². The van der Waals surface area contributed by atoms with Crippen LogP contribution in [0.25, 0.3) is 0 Å². The van der Waals surface area contributed by atoms with Gasteiger partial charge in [0.15, 0.2) is 0 Å². The molecule has 0 aliphatic carbocycles. The third kappa shape index (κ3) is 1.74. The summed E-state index contributed by atoms with van der Waals surface area (Å²) in [4.78, 5) is 23.0. The Morgan fingerprint density at radius 1 is 1.18 bits per heavy atom. The van der Waals surface area contributed by atoms with E-state index in [2.05, 4.69) is 22.8 Å². The molecule has 1 aromatic rings. The van der Waals surface area contributed by atoms with E-state index in [9.17, 15) is 9.59 Å². The quantitative estimate of drug-likeness (QED) is 0.704. The van der Waals surface area contributed by atoms with E-state index in [0.717, 1.165) is 6.54 Å². The maximum Gasteiger partial charge on any atom is 0.231 e. The molecule has 2 N–H and O–H groups in total. The molecule has 0 saturated carbocycles. The monoisotopic (exact) mass is 230 g/mol. The van der Waals surface area contributed by atoms with Crippen LogP contribution >= 0.6 is 0 Å². The predicted octanol–water partition coefficient (Wildman–Crippen LogP) is 0.884. The number of carbonyl (C=O) groups excluding carboxylic acids is 2. The lowest BCUT2D eigenvalue weighted by molar-refractivity contribution is -0.137. The minimum Gasteiger partial charge on any atom is -0.305 e. The molecule has 2 aliphatic rings. The van der Waals surface area contributed by atoms with Gasteiger partial charge in [-0.2, -0.15) is 0 Å². The summed E-state index contributed by atoms with van der Waals surface area (Å²) in [5.74, 6) is -0.427.